The van der Waals surface area contributed by atoms with Gasteiger partial charge < -0.3 is 10.1 Å². The van der Waals surface area contributed by atoms with Crippen LogP contribution in [0.1, 0.15) is 34.8 Å². The Morgan fingerprint density at radius 3 is 2.70 bits per heavy atom. The van der Waals surface area contributed by atoms with Crippen LogP contribution in [0.15, 0.2) is 66.9 Å². The summed E-state index contributed by atoms with van der Waals surface area (Å²) in [6, 6.07) is 16.6. The lowest BCUT2D eigenvalue weighted by Crippen LogP contribution is -2.21. The summed E-state index contributed by atoms with van der Waals surface area (Å²) >= 11 is 0. The molecule has 3 aromatic rings. The highest BCUT2D eigenvalue weighted by Gasteiger charge is 2.37. The van der Waals surface area contributed by atoms with Gasteiger partial charge in [-0.25, -0.2) is 19.2 Å². The molecule has 2 heterocycles. The zero-order chi connectivity index (χ0) is 18.6. The maximum atomic E-state index is 13.6. The van der Waals surface area contributed by atoms with Gasteiger partial charge in [-0.3, -0.25) is 0 Å². The number of hydrogen-bond donors (Lipinski definition) is 1. The first-order valence-corrected chi connectivity index (χ1v) is 8.32. The van der Waals surface area contributed by atoms with E-state index in [4.69, 9.17) is 4.74 Å². The summed E-state index contributed by atoms with van der Waals surface area (Å²) in [5.41, 5.74) is 1.94. The van der Waals surface area contributed by atoms with Crippen molar-refractivity contribution in [3.05, 3.63) is 95.3 Å². The average Bonchev–Trinajstić information content (AvgIpc) is 3.09. The number of halogens is 1. The van der Waals surface area contributed by atoms with Gasteiger partial charge in [-0.2, -0.15) is 0 Å². The number of alkyl carbamates (subject to hydrolysis) is 1. The van der Waals surface area contributed by atoms with Gasteiger partial charge in [0.05, 0.1) is 5.69 Å². The lowest BCUT2D eigenvalue weighted by molar-refractivity contribution is 0.131. The summed E-state index contributed by atoms with van der Waals surface area (Å²) < 4.78 is 18.9. The quantitative estimate of drug-likeness (QED) is 0.711. The number of rotatable bonds is 2. The Hall–Kier alpha value is -3.72. The number of aromatic nitrogens is 2. The molecule has 0 unspecified atom stereocenters. The first-order valence-electron chi connectivity index (χ1n) is 8.32. The molecule has 0 spiro atoms. The molecule has 0 radical (unpaired) electrons. The molecule has 5 nitrogen and oxygen atoms in total. The minimum atomic E-state index is -0.682. The average molecular weight is 359 g/mol. The molecular weight excluding hydrogens is 345 g/mol. The van der Waals surface area contributed by atoms with Crippen LogP contribution in [0.5, 0.6) is 0 Å². The van der Waals surface area contributed by atoms with Gasteiger partial charge in [0.25, 0.3) is 0 Å². The topological polar surface area (TPSA) is 64.1 Å². The second-order valence-corrected chi connectivity index (χ2v) is 5.92. The van der Waals surface area contributed by atoms with Crippen molar-refractivity contribution in [3.63, 3.8) is 0 Å². The fourth-order valence-corrected chi connectivity index (χ4v) is 2.85. The van der Waals surface area contributed by atoms with Crippen LogP contribution in [0, 0.1) is 17.7 Å². The Balaban J connectivity index is 1.64. The van der Waals surface area contributed by atoms with Crippen LogP contribution in [0.2, 0.25) is 0 Å². The van der Waals surface area contributed by atoms with E-state index in [1.165, 1.54) is 12.1 Å². The molecule has 132 valence electrons. The van der Waals surface area contributed by atoms with Crippen LogP contribution in [-0.4, -0.2) is 16.1 Å². The van der Waals surface area contributed by atoms with Gasteiger partial charge in [0.15, 0.2) is 6.10 Å². The second kappa shape index (κ2) is 7.26. The van der Waals surface area contributed by atoms with Crippen LogP contribution in [0.25, 0.3) is 0 Å². The van der Waals surface area contributed by atoms with Crippen LogP contribution in [0.3, 0.4) is 0 Å². The number of nitrogens with one attached hydrogen (secondary N) is 1. The van der Waals surface area contributed by atoms with E-state index in [0.717, 1.165) is 5.56 Å². The van der Waals surface area contributed by atoms with Crippen molar-refractivity contribution >= 4 is 6.09 Å². The highest BCUT2D eigenvalue weighted by molar-refractivity contribution is 5.71. The Morgan fingerprint density at radius 2 is 1.89 bits per heavy atom. The zero-order valence-electron chi connectivity index (χ0n) is 14.1. The fraction of sp³-hybridized carbons (Fsp3) is 0.0952. The molecule has 2 atom stereocenters. The highest BCUT2D eigenvalue weighted by Crippen LogP contribution is 2.35. The maximum absolute atomic E-state index is 13.6. The molecule has 1 saturated heterocycles. The summed E-state index contributed by atoms with van der Waals surface area (Å²) in [7, 11) is 0. The van der Waals surface area contributed by atoms with Crippen molar-refractivity contribution in [1.29, 1.82) is 0 Å². The third-order valence-corrected chi connectivity index (χ3v) is 4.08. The minimum Gasteiger partial charge on any atom is -0.439 e. The van der Waals surface area contributed by atoms with Gasteiger partial charge in [-0.05, 0) is 41.8 Å². The molecule has 4 rings (SSSR count). The molecule has 1 fully saturated rings. The summed E-state index contributed by atoms with van der Waals surface area (Å²) in [5.74, 6) is 5.84. The molecule has 1 amide bonds. The molecule has 27 heavy (non-hydrogen) atoms. The SMILES string of the molecule is O=C1N[C@@H](c2ccnc(C#Cc3ccccc3)n2)[C@H](c2cccc(F)c2)O1. The second-order valence-electron chi connectivity index (χ2n) is 5.92. The molecule has 2 aromatic carbocycles. The molecule has 1 N–H and O–H groups in total. The molecule has 0 saturated carbocycles. The fourth-order valence-electron chi connectivity index (χ4n) is 2.85. The van der Waals surface area contributed by atoms with Gasteiger partial charge in [0, 0.05) is 11.8 Å². The number of hydrogen-bond acceptors (Lipinski definition) is 4. The third kappa shape index (κ3) is 3.77. The number of amides is 1. The monoisotopic (exact) mass is 359 g/mol. The van der Waals surface area contributed by atoms with E-state index in [1.807, 2.05) is 30.3 Å². The van der Waals surface area contributed by atoms with E-state index in [2.05, 4.69) is 27.1 Å². The number of cyclic esters (lactones) is 1. The molecular formula is C21H14FN3O2. The molecule has 6 heteroatoms. The summed E-state index contributed by atoms with van der Waals surface area (Å²) in [6.45, 7) is 0. The van der Waals surface area contributed by atoms with E-state index >= 15 is 0 Å². The highest BCUT2D eigenvalue weighted by atomic mass is 19.1. The normalized spacial score (nSPS) is 18.2. The first-order chi connectivity index (χ1) is 13.2. The molecule has 1 aromatic heterocycles. The first kappa shape index (κ1) is 16.7. The Morgan fingerprint density at radius 1 is 1.04 bits per heavy atom. The summed E-state index contributed by atoms with van der Waals surface area (Å²) in [5, 5.41) is 2.72. The molecule has 0 bridgehead atoms. The largest absolute Gasteiger partial charge is 0.439 e. The van der Waals surface area contributed by atoms with E-state index in [9.17, 15) is 9.18 Å². The van der Waals surface area contributed by atoms with Crippen molar-refractivity contribution in [3.8, 4) is 11.8 Å². The van der Waals surface area contributed by atoms with Crippen molar-refractivity contribution in [2.75, 3.05) is 0 Å². The van der Waals surface area contributed by atoms with Gasteiger partial charge in [-0.1, -0.05) is 36.3 Å². The molecule has 0 aliphatic carbocycles. The Labute approximate surface area is 155 Å². The maximum Gasteiger partial charge on any atom is 0.408 e. The number of carbonyl (C=O) groups is 1. The predicted molar refractivity (Wildman–Crippen MR) is 96.0 cm³/mol. The molecule has 1 aliphatic rings. The minimum absolute atomic E-state index is 0.329. The third-order valence-electron chi connectivity index (χ3n) is 4.08. The summed E-state index contributed by atoms with van der Waals surface area (Å²) in [4.78, 5) is 20.4. The Bertz CT molecular complexity index is 1040. The lowest BCUT2D eigenvalue weighted by atomic mass is 10.00. The number of ether oxygens (including phenoxy) is 1. The van der Waals surface area contributed by atoms with Gasteiger partial charge in [0.1, 0.15) is 11.9 Å². The lowest BCUT2D eigenvalue weighted by Gasteiger charge is -2.16. The van der Waals surface area contributed by atoms with Crippen molar-refractivity contribution in [2.24, 2.45) is 0 Å². The number of benzene rings is 2. The Kier molecular flexibility index (Phi) is 4.50. The summed E-state index contributed by atoms with van der Waals surface area (Å²) in [6.07, 6.45) is 0.313. The predicted octanol–water partition coefficient (Wildman–Crippen LogP) is 3.54. The van der Waals surface area contributed by atoms with Crippen LogP contribution in [-0.2, 0) is 4.74 Å². The smallest absolute Gasteiger partial charge is 0.408 e. The van der Waals surface area contributed by atoms with Crippen molar-refractivity contribution in [2.45, 2.75) is 12.1 Å². The van der Waals surface area contributed by atoms with Crippen LogP contribution >= 0.6 is 0 Å². The number of carbonyl (C=O) groups excluding carboxylic acids is 1. The van der Waals surface area contributed by atoms with Crippen LogP contribution in [0.4, 0.5) is 9.18 Å². The zero-order valence-corrected chi connectivity index (χ0v) is 14.1. The van der Waals surface area contributed by atoms with E-state index < -0.39 is 24.1 Å². The molecule has 1 aliphatic heterocycles. The van der Waals surface area contributed by atoms with E-state index in [0.29, 0.717) is 17.1 Å². The standard InChI is InChI=1S/C21H14FN3O2/c22-16-8-4-7-15(13-16)20-19(25-21(26)27-20)17-11-12-23-18(24-17)10-9-14-5-2-1-3-6-14/h1-8,11-13,19-20H,(H,25,26)/t19-,20-/m0/s1. The van der Waals surface area contributed by atoms with E-state index in [-0.39, 0.29) is 0 Å². The van der Waals surface area contributed by atoms with Gasteiger partial charge in [-0.15, -0.1) is 0 Å². The van der Waals surface area contributed by atoms with Crippen molar-refractivity contribution in [1.82, 2.24) is 15.3 Å². The van der Waals surface area contributed by atoms with Gasteiger partial charge in [0.2, 0.25) is 5.82 Å². The number of nitrogens with zero attached hydrogens (tertiary/aromatic N) is 2. The van der Waals surface area contributed by atoms with Crippen molar-refractivity contribution < 1.29 is 13.9 Å². The van der Waals surface area contributed by atoms with E-state index in [1.54, 1.807) is 24.4 Å². The van der Waals surface area contributed by atoms with Crippen LogP contribution < -0.4 is 5.32 Å². The van der Waals surface area contributed by atoms with Gasteiger partial charge >= 0.3 is 6.09 Å².